The van der Waals surface area contributed by atoms with Crippen LogP contribution in [0, 0.1) is 0 Å². The molecule has 104 valence electrons. The molecule has 1 aromatic rings. The first-order valence-electron chi connectivity index (χ1n) is 6.11. The van der Waals surface area contributed by atoms with Crippen LogP contribution in [-0.4, -0.2) is 26.9 Å². The molecule has 4 N–H and O–H groups in total. The van der Waals surface area contributed by atoms with Crippen molar-refractivity contribution in [3.8, 4) is 0 Å². The Kier molecular flexibility index (Phi) is 4.18. The molecule has 19 heavy (non-hydrogen) atoms. The molecule has 1 aromatic carbocycles. The van der Waals surface area contributed by atoms with Crippen LogP contribution < -0.4 is 15.8 Å². The predicted octanol–water partition coefficient (Wildman–Crippen LogP) is 0.415. The highest BCUT2D eigenvalue weighted by Gasteiger charge is 2.17. The Morgan fingerprint density at radius 2 is 1.89 bits per heavy atom. The van der Waals surface area contributed by atoms with E-state index in [2.05, 4.69) is 10.6 Å². The minimum Gasteiger partial charge on any atom is -0.325 e. The number of primary sulfonamides is 1. The number of carbonyl (C=O) groups excluding carboxylic acids is 1. The van der Waals surface area contributed by atoms with Crippen LogP contribution in [-0.2, 0) is 14.8 Å². The molecule has 0 aromatic heterocycles. The van der Waals surface area contributed by atoms with E-state index >= 15 is 0 Å². The first-order chi connectivity index (χ1) is 8.95. The van der Waals surface area contributed by atoms with Gasteiger partial charge in [-0.05, 0) is 37.1 Å². The molecule has 0 saturated heterocycles. The van der Waals surface area contributed by atoms with Gasteiger partial charge in [0.15, 0.2) is 0 Å². The molecule has 0 radical (unpaired) electrons. The molecular formula is C12H17N3O3S. The van der Waals surface area contributed by atoms with Gasteiger partial charge in [0, 0.05) is 11.7 Å². The van der Waals surface area contributed by atoms with Crippen molar-refractivity contribution < 1.29 is 13.2 Å². The first kappa shape index (κ1) is 14.0. The van der Waals surface area contributed by atoms with Crippen molar-refractivity contribution in [3.05, 3.63) is 24.3 Å². The van der Waals surface area contributed by atoms with Crippen LogP contribution in [0.1, 0.15) is 19.3 Å². The van der Waals surface area contributed by atoms with Gasteiger partial charge in [-0.3, -0.25) is 4.79 Å². The molecule has 0 spiro atoms. The zero-order valence-electron chi connectivity index (χ0n) is 10.4. The van der Waals surface area contributed by atoms with Crippen molar-refractivity contribution in [1.82, 2.24) is 5.32 Å². The second-order valence-electron chi connectivity index (χ2n) is 4.63. The predicted molar refractivity (Wildman–Crippen MR) is 72.1 cm³/mol. The maximum Gasteiger partial charge on any atom is 0.238 e. The summed E-state index contributed by atoms with van der Waals surface area (Å²) in [7, 11) is -3.69. The van der Waals surface area contributed by atoms with Gasteiger partial charge in [0.2, 0.25) is 15.9 Å². The van der Waals surface area contributed by atoms with E-state index in [9.17, 15) is 13.2 Å². The Bertz CT molecular complexity index is 550. The SMILES string of the molecule is NS(=O)(=O)c1ccc(NC(=O)CNC2CCC2)cc1. The van der Waals surface area contributed by atoms with Crippen LogP contribution in [0.2, 0.25) is 0 Å². The van der Waals surface area contributed by atoms with E-state index in [0.717, 1.165) is 12.8 Å². The smallest absolute Gasteiger partial charge is 0.238 e. The fourth-order valence-corrected chi connectivity index (χ4v) is 2.30. The van der Waals surface area contributed by atoms with E-state index in [1.54, 1.807) is 0 Å². The number of anilines is 1. The van der Waals surface area contributed by atoms with Gasteiger partial charge in [-0.15, -0.1) is 0 Å². The Labute approximate surface area is 112 Å². The van der Waals surface area contributed by atoms with Crippen molar-refractivity contribution in [2.24, 2.45) is 5.14 Å². The normalized spacial score (nSPS) is 15.8. The van der Waals surface area contributed by atoms with Crippen LogP contribution >= 0.6 is 0 Å². The zero-order chi connectivity index (χ0) is 13.9. The third-order valence-corrected chi connectivity index (χ3v) is 4.05. The summed E-state index contributed by atoms with van der Waals surface area (Å²) in [5, 5.41) is 10.8. The van der Waals surface area contributed by atoms with Crippen molar-refractivity contribution in [2.75, 3.05) is 11.9 Å². The Balaban J connectivity index is 1.86. The van der Waals surface area contributed by atoms with Crippen LogP contribution in [0.3, 0.4) is 0 Å². The molecule has 1 aliphatic rings. The lowest BCUT2D eigenvalue weighted by atomic mass is 9.93. The summed E-state index contributed by atoms with van der Waals surface area (Å²) in [6, 6.07) is 6.21. The number of carbonyl (C=O) groups is 1. The number of benzene rings is 1. The number of nitrogens with one attached hydrogen (secondary N) is 2. The zero-order valence-corrected chi connectivity index (χ0v) is 11.2. The molecule has 1 amide bonds. The van der Waals surface area contributed by atoms with Crippen LogP contribution in [0.4, 0.5) is 5.69 Å². The molecule has 0 heterocycles. The van der Waals surface area contributed by atoms with Crippen molar-refractivity contribution >= 4 is 21.6 Å². The number of amides is 1. The number of sulfonamides is 1. The molecule has 7 heteroatoms. The molecule has 0 aliphatic heterocycles. The highest BCUT2D eigenvalue weighted by Crippen LogP contribution is 2.17. The summed E-state index contributed by atoms with van der Waals surface area (Å²) in [6.45, 7) is 0.265. The van der Waals surface area contributed by atoms with Crippen LogP contribution in [0.5, 0.6) is 0 Å². The van der Waals surface area contributed by atoms with Gasteiger partial charge in [-0.1, -0.05) is 6.42 Å². The van der Waals surface area contributed by atoms with E-state index in [0.29, 0.717) is 11.7 Å². The van der Waals surface area contributed by atoms with E-state index in [4.69, 9.17) is 5.14 Å². The molecule has 1 aliphatic carbocycles. The van der Waals surface area contributed by atoms with Gasteiger partial charge in [-0.25, -0.2) is 13.6 Å². The van der Waals surface area contributed by atoms with Crippen LogP contribution in [0.15, 0.2) is 29.2 Å². The van der Waals surface area contributed by atoms with Gasteiger partial charge < -0.3 is 10.6 Å². The standard InChI is InChI=1S/C12H17N3O3S/c13-19(17,18)11-6-4-10(5-7-11)15-12(16)8-14-9-2-1-3-9/h4-7,9,14H,1-3,8H2,(H,15,16)(H2,13,17,18). The second-order valence-corrected chi connectivity index (χ2v) is 6.19. The first-order valence-corrected chi connectivity index (χ1v) is 7.66. The average Bonchev–Trinajstić information content (AvgIpc) is 2.26. The molecule has 0 bridgehead atoms. The van der Waals surface area contributed by atoms with E-state index in [1.807, 2.05) is 0 Å². The lowest BCUT2D eigenvalue weighted by Gasteiger charge is -2.26. The molecule has 1 saturated carbocycles. The van der Waals surface area contributed by atoms with Gasteiger partial charge >= 0.3 is 0 Å². The number of rotatable bonds is 5. The minimum absolute atomic E-state index is 0.0260. The molecular weight excluding hydrogens is 266 g/mol. The number of nitrogens with two attached hydrogens (primary N) is 1. The third-order valence-electron chi connectivity index (χ3n) is 3.12. The summed E-state index contributed by atoms with van der Waals surface area (Å²) in [5.41, 5.74) is 0.549. The molecule has 2 rings (SSSR count). The molecule has 6 nitrogen and oxygen atoms in total. The van der Waals surface area contributed by atoms with Crippen molar-refractivity contribution in [3.63, 3.8) is 0 Å². The monoisotopic (exact) mass is 283 g/mol. The van der Waals surface area contributed by atoms with Crippen LogP contribution in [0.25, 0.3) is 0 Å². The van der Waals surface area contributed by atoms with Gasteiger partial charge in [0.25, 0.3) is 0 Å². The van der Waals surface area contributed by atoms with E-state index in [-0.39, 0.29) is 17.3 Å². The Morgan fingerprint density at radius 3 is 2.37 bits per heavy atom. The largest absolute Gasteiger partial charge is 0.325 e. The Morgan fingerprint density at radius 1 is 1.26 bits per heavy atom. The topological polar surface area (TPSA) is 101 Å². The Hall–Kier alpha value is -1.44. The van der Waals surface area contributed by atoms with Crippen molar-refractivity contribution in [2.45, 2.75) is 30.2 Å². The van der Waals surface area contributed by atoms with Gasteiger partial charge in [0.05, 0.1) is 11.4 Å². The molecule has 1 fully saturated rings. The quantitative estimate of drug-likeness (QED) is 0.728. The summed E-state index contributed by atoms with van der Waals surface area (Å²) in [5.74, 6) is -0.143. The average molecular weight is 283 g/mol. The molecule has 0 atom stereocenters. The maximum absolute atomic E-state index is 11.6. The van der Waals surface area contributed by atoms with Crippen molar-refractivity contribution in [1.29, 1.82) is 0 Å². The van der Waals surface area contributed by atoms with E-state index < -0.39 is 10.0 Å². The second kappa shape index (κ2) is 5.68. The highest BCUT2D eigenvalue weighted by atomic mass is 32.2. The fourth-order valence-electron chi connectivity index (χ4n) is 1.78. The maximum atomic E-state index is 11.6. The highest BCUT2D eigenvalue weighted by molar-refractivity contribution is 7.89. The lowest BCUT2D eigenvalue weighted by Crippen LogP contribution is -2.40. The number of hydrogen-bond donors (Lipinski definition) is 3. The van der Waals surface area contributed by atoms with Gasteiger partial charge in [-0.2, -0.15) is 0 Å². The molecule has 0 unspecified atom stereocenters. The fraction of sp³-hybridized carbons (Fsp3) is 0.417. The summed E-state index contributed by atoms with van der Waals surface area (Å²) in [4.78, 5) is 11.6. The summed E-state index contributed by atoms with van der Waals surface area (Å²) < 4.78 is 22.1. The summed E-state index contributed by atoms with van der Waals surface area (Å²) in [6.07, 6.45) is 3.46. The van der Waals surface area contributed by atoms with Gasteiger partial charge in [0.1, 0.15) is 0 Å². The van der Waals surface area contributed by atoms with E-state index in [1.165, 1.54) is 30.7 Å². The lowest BCUT2D eigenvalue weighted by molar-refractivity contribution is -0.115. The minimum atomic E-state index is -3.69. The third kappa shape index (κ3) is 4.02. The number of hydrogen-bond acceptors (Lipinski definition) is 4. The summed E-state index contributed by atoms with van der Waals surface area (Å²) >= 11 is 0.